The number of carbonyl (C=O) groups is 1. The number of carboxylic acids is 1. The molecule has 1 aromatic heterocycles. The largest absolute Gasteiger partial charge is 0.481 e. The van der Waals surface area contributed by atoms with Crippen molar-refractivity contribution in [2.75, 3.05) is 0 Å². The highest BCUT2D eigenvalue weighted by molar-refractivity contribution is 6.30. The summed E-state index contributed by atoms with van der Waals surface area (Å²) in [5.41, 5.74) is 0.0324. The fraction of sp³-hybridized carbons (Fsp3) is 0.400. The van der Waals surface area contributed by atoms with Gasteiger partial charge in [0.25, 0.3) is 0 Å². The Labute approximate surface area is 91.9 Å². The van der Waals surface area contributed by atoms with E-state index in [9.17, 15) is 9.18 Å². The maximum atomic E-state index is 13.3. The summed E-state index contributed by atoms with van der Waals surface area (Å²) in [5, 5.41) is 9.21. The smallest absolute Gasteiger partial charge is 0.311 e. The zero-order valence-electron chi connectivity index (χ0n) is 8.37. The summed E-state index contributed by atoms with van der Waals surface area (Å²) < 4.78 is 13.3. The van der Waals surface area contributed by atoms with Crippen LogP contribution in [0.25, 0.3) is 0 Å². The van der Waals surface area contributed by atoms with Gasteiger partial charge in [0.2, 0.25) is 5.95 Å². The number of hydrogen-bond acceptors (Lipinski definition) is 2. The van der Waals surface area contributed by atoms with Gasteiger partial charge in [-0.25, -0.2) is 4.98 Å². The first kappa shape index (κ1) is 11.9. The summed E-state index contributed by atoms with van der Waals surface area (Å²) in [5.74, 6) is -3.00. The molecule has 0 aromatic carbocycles. The Morgan fingerprint density at radius 3 is 2.67 bits per heavy atom. The topological polar surface area (TPSA) is 50.2 Å². The van der Waals surface area contributed by atoms with E-state index in [4.69, 9.17) is 16.7 Å². The number of aromatic nitrogens is 1. The van der Waals surface area contributed by atoms with Crippen molar-refractivity contribution in [1.82, 2.24) is 4.98 Å². The predicted octanol–water partition coefficient (Wildman–Crippen LogP) is 2.70. The zero-order valence-corrected chi connectivity index (χ0v) is 9.12. The standard InChI is InChI=1S/C10H11ClFNO2/c1-5(2)8(10(14)15)7-3-6(11)4-13-9(7)12/h3-5,8H,1-2H3,(H,14,15). The van der Waals surface area contributed by atoms with Crippen molar-refractivity contribution in [1.29, 1.82) is 0 Å². The van der Waals surface area contributed by atoms with Crippen LogP contribution in [0.4, 0.5) is 4.39 Å². The Hall–Kier alpha value is -1.16. The van der Waals surface area contributed by atoms with Crippen LogP contribution in [-0.4, -0.2) is 16.1 Å². The Morgan fingerprint density at radius 1 is 1.60 bits per heavy atom. The van der Waals surface area contributed by atoms with Crippen molar-refractivity contribution >= 4 is 17.6 Å². The lowest BCUT2D eigenvalue weighted by atomic mass is 9.89. The maximum Gasteiger partial charge on any atom is 0.311 e. The molecule has 0 saturated carbocycles. The summed E-state index contributed by atoms with van der Waals surface area (Å²) in [6, 6.07) is 1.31. The molecule has 0 saturated heterocycles. The van der Waals surface area contributed by atoms with Crippen LogP contribution in [0.3, 0.4) is 0 Å². The van der Waals surface area contributed by atoms with Gasteiger partial charge in [-0.05, 0) is 12.0 Å². The second-order valence-electron chi connectivity index (χ2n) is 3.59. The van der Waals surface area contributed by atoms with Crippen LogP contribution < -0.4 is 0 Å². The van der Waals surface area contributed by atoms with E-state index in [2.05, 4.69) is 4.98 Å². The molecule has 1 N–H and O–H groups in total. The Balaban J connectivity index is 3.22. The van der Waals surface area contributed by atoms with Crippen LogP contribution in [0, 0.1) is 11.9 Å². The second kappa shape index (κ2) is 4.57. The second-order valence-corrected chi connectivity index (χ2v) is 4.03. The highest BCUT2D eigenvalue weighted by Crippen LogP contribution is 2.27. The summed E-state index contributed by atoms with van der Waals surface area (Å²) >= 11 is 5.65. The van der Waals surface area contributed by atoms with Gasteiger partial charge in [-0.2, -0.15) is 4.39 Å². The van der Waals surface area contributed by atoms with Crippen LogP contribution in [-0.2, 0) is 4.79 Å². The van der Waals surface area contributed by atoms with Gasteiger partial charge < -0.3 is 5.11 Å². The molecule has 0 bridgehead atoms. The zero-order chi connectivity index (χ0) is 11.6. The van der Waals surface area contributed by atoms with Gasteiger partial charge >= 0.3 is 5.97 Å². The molecule has 1 rings (SSSR count). The van der Waals surface area contributed by atoms with E-state index in [0.717, 1.165) is 6.20 Å². The van der Waals surface area contributed by atoms with E-state index in [1.807, 2.05) is 0 Å². The minimum atomic E-state index is -1.08. The van der Waals surface area contributed by atoms with Gasteiger partial charge in [0.05, 0.1) is 10.9 Å². The molecule has 82 valence electrons. The molecule has 0 spiro atoms. The molecule has 1 heterocycles. The molecular formula is C10H11ClFNO2. The minimum Gasteiger partial charge on any atom is -0.481 e. The van der Waals surface area contributed by atoms with Crippen molar-refractivity contribution in [2.45, 2.75) is 19.8 Å². The highest BCUT2D eigenvalue weighted by atomic mass is 35.5. The van der Waals surface area contributed by atoms with Gasteiger partial charge in [0.15, 0.2) is 0 Å². The quantitative estimate of drug-likeness (QED) is 0.814. The highest BCUT2D eigenvalue weighted by Gasteiger charge is 2.27. The number of nitrogens with zero attached hydrogens (tertiary/aromatic N) is 1. The number of carboxylic acid groups (broad SMARTS) is 1. The maximum absolute atomic E-state index is 13.3. The van der Waals surface area contributed by atoms with E-state index < -0.39 is 17.8 Å². The average Bonchev–Trinajstić information content (AvgIpc) is 2.10. The van der Waals surface area contributed by atoms with Crippen molar-refractivity contribution in [3.05, 3.63) is 28.8 Å². The van der Waals surface area contributed by atoms with Gasteiger partial charge in [0, 0.05) is 11.8 Å². The molecule has 0 radical (unpaired) electrons. The van der Waals surface area contributed by atoms with Crippen molar-refractivity contribution in [2.24, 2.45) is 5.92 Å². The average molecular weight is 232 g/mol. The third kappa shape index (κ3) is 2.65. The number of rotatable bonds is 3. The Morgan fingerprint density at radius 2 is 2.20 bits per heavy atom. The third-order valence-corrected chi connectivity index (χ3v) is 2.31. The lowest BCUT2D eigenvalue weighted by Crippen LogP contribution is -2.19. The predicted molar refractivity (Wildman–Crippen MR) is 54.4 cm³/mol. The molecule has 1 atom stereocenters. The molecular weight excluding hydrogens is 221 g/mol. The summed E-state index contributed by atoms with van der Waals surface area (Å²) in [4.78, 5) is 14.4. The van der Waals surface area contributed by atoms with Crippen molar-refractivity contribution in [3.63, 3.8) is 0 Å². The van der Waals surface area contributed by atoms with Gasteiger partial charge in [-0.1, -0.05) is 25.4 Å². The molecule has 0 amide bonds. The normalized spacial score (nSPS) is 12.9. The molecule has 15 heavy (non-hydrogen) atoms. The fourth-order valence-corrected chi connectivity index (χ4v) is 1.60. The fourth-order valence-electron chi connectivity index (χ4n) is 1.43. The number of aliphatic carboxylic acids is 1. The molecule has 0 aliphatic rings. The van der Waals surface area contributed by atoms with Crippen molar-refractivity contribution in [3.8, 4) is 0 Å². The van der Waals surface area contributed by atoms with Crippen LogP contribution in [0.1, 0.15) is 25.3 Å². The van der Waals surface area contributed by atoms with Crippen LogP contribution in [0.15, 0.2) is 12.3 Å². The van der Waals surface area contributed by atoms with E-state index in [1.54, 1.807) is 13.8 Å². The monoisotopic (exact) mass is 231 g/mol. The Bertz CT molecular complexity index is 382. The number of hydrogen-bond donors (Lipinski definition) is 1. The first-order chi connectivity index (χ1) is 6.93. The van der Waals surface area contributed by atoms with E-state index >= 15 is 0 Å². The number of pyridine rings is 1. The molecule has 1 aromatic rings. The van der Waals surface area contributed by atoms with E-state index in [-0.39, 0.29) is 16.5 Å². The molecule has 0 aliphatic carbocycles. The first-order valence-electron chi connectivity index (χ1n) is 4.47. The summed E-state index contributed by atoms with van der Waals surface area (Å²) in [6.45, 7) is 3.41. The van der Waals surface area contributed by atoms with Crippen LogP contribution in [0.2, 0.25) is 5.02 Å². The Kier molecular flexibility index (Phi) is 3.63. The summed E-state index contributed by atoms with van der Waals surface area (Å²) in [6.07, 6.45) is 1.15. The minimum absolute atomic E-state index is 0.0324. The van der Waals surface area contributed by atoms with E-state index in [0.29, 0.717) is 0 Å². The number of halogens is 2. The van der Waals surface area contributed by atoms with Crippen LogP contribution in [0.5, 0.6) is 0 Å². The lowest BCUT2D eigenvalue weighted by molar-refractivity contribution is -0.140. The SMILES string of the molecule is CC(C)C(C(=O)O)c1cc(Cl)cnc1F. The first-order valence-corrected chi connectivity index (χ1v) is 4.85. The lowest BCUT2D eigenvalue weighted by Gasteiger charge is -2.16. The van der Waals surface area contributed by atoms with E-state index in [1.165, 1.54) is 6.07 Å². The molecule has 5 heteroatoms. The van der Waals surface area contributed by atoms with Crippen molar-refractivity contribution < 1.29 is 14.3 Å². The van der Waals surface area contributed by atoms with Gasteiger partial charge in [-0.15, -0.1) is 0 Å². The van der Waals surface area contributed by atoms with Crippen LogP contribution >= 0.6 is 11.6 Å². The summed E-state index contributed by atoms with van der Waals surface area (Å²) in [7, 11) is 0. The molecule has 0 aliphatic heterocycles. The molecule has 0 fully saturated rings. The van der Waals surface area contributed by atoms with Gasteiger partial charge in [0.1, 0.15) is 0 Å². The molecule has 1 unspecified atom stereocenters. The van der Waals surface area contributed by atoms with Gasteiger partial charge in [-0.3, -0.25) is 4.79 Å². The molecule has 3 nitrogen and oxygen atoms in total. The third-order valence-electron chi connectivity index (χ3n) is 2.10.